The second-order valence-electron chi connectivity index (χ2n) is 5.53. The molecule has 0 aliphatic heterocycles. The lowest BCUT2D eigenvalue weighted by atomic mass is 10.2. The minimum Gasteiger partial charge on any atom is -0.566 e. The van der Waals surface area contributed by atoms with Crippen molar-refractivity contribution < 1.29 is 33.4 Å². The SMILES string of the molecule is O=C(O)[C@H](CO[P+](=O)[O-])N(Cc1ccccc1)C(=O)OCc1ccccc1. The van der Waals surface area contributed by atoms with Gasteiger partial charge in [0.05, 0.1) is 6.54 Å². The van der Waals surface area contributed by atoms with Gasteiger partial charge in [-0.3, -0.25) is 4.90 Å². The summed E-state index contributed by atoms with van der Waals surface area (Å²) in [6.45, 7) is -0.834. The summed E-state index contributed by atoms with van der Waals surface area (Å²) in [5, 5.41) is 9.44. The fourth-order valence-corrected chi connectivity index (χ4v) is 2.57. The topological polar surface area (TPSA) is 116 Å². The Kier molecular flexibility index (Phi) is 7.88. The summed E-state index contributed by atoms with van der Waals surface area (Å²) in [6, 6.07) is 16.1. The number of nitrogens with zero attached hydrogens (tertiary/aromatic N) is 1. The van der Waals surface area contributed by atoms with Gasteiger partial charge < -0.3 is 14.7 Å². The molecule has 8 nitrogen and oxygen atoms in total. The number of aliphatic carboxylic acids is 1. The molecule has 0 aliphatic rings. The molecular weight excluding hydrogens is 373 g/mol. The molecule has 0 aromatic heterocycles. The predicted molar refractivity (Wildman–Crippen MR) is 93.6 cm³/mol. The maximum absolute atomic E-state index is 12.5. The van der Waals surface area contributed by atoms with Crippen molar-refractivity contribution >= 4 is 20.3 Å². The van der Waals surface area contributed by atoms with Gasteiger partial charge in [-0.05, 0) is 15.7 Å². The van der Waals surface area contributed by atoms with Crippen LogP contribution < -0.4 is 4.89 Å². The van der Waals surface area contributed by atoms with Crippen LogP contribution in [0.5, 0.6) is 0 Å². The molecule has 2 aromatic rings. The first-order valence-corrected chi connectivity index (χ1v) is 9.08. The van der Waals surface area contributed by atoms with Crippen molar-refractivity contribution in [2.45, 2.75) is 19.2 Å². The highest BCUT2D eigenvalue weighted by Gasteiger charge is 2.33. The lowest BCUT2D eigenvalue weighted by Gasteiger charge is -2.27. The molecule has 0 spiro atoms. The van der Waals surface area contributed by atoms with Crippen LogP contribution in [0.3, 0.4) is 0 Å². The number of amides is 1. The van der Waals surface area contributed by atoms with Crippen LogP contribution in [-0.2, 0) is 31.8 Å². The summed E-state index contributed by atoms with van der Waals surface area (Å²) in [6.07, 6.45) is -0.889. The number of ether oxygens (including phenoxy) is 1. The largest absolute Gasteiger partial charge is 0.566 e. The van der Waals surface area contributed by atoms with E-state index >= 15 is 0 Å². The Morgan fingerprint density at radius 1 is 1.04 bits per heavy atom. The van der Waals surface area contributed by atoms with Gasteiger partial charge in [-0.1, -0.05) is 60.7 Å². The Labute approximate surface area is 156 Å². The van der Waals surface area contributed by atoms with E-state index in [-0.39, 0.29) is 13.2 Å². The molecule has 27 heavy (non-hydrogen) atoms. The minimum atomic E-state index is -3.25. The highest BCUT2D eigenvalue weighted by atomic mass is 31.1. The molecule has 142 valence electrons. The van der Waals surface area contributed by atoms with E-state index in [9.17, 15) is 24.2 Å². The van der Waals surface area contributed by atoms with E-state index in [4.69, 9.17) is 4.74 Å². The fourth-order valence-electron chi connectivity index (χ4n) is 2.31. The Balaban J connectivity index is 2.17. The van der Waals surface area contributed by atoms with Crippen LogP contribution in [0.4, 0.5) is 4.79 Å². The van der Waals surface area contributed by atoms with Gasteiger partial charge in [0.1, 0.15) is 13.2 Å². The van der Waals surface area contributed by atoms with Gasteiger partial charge >= 0.3 is 20.3 Å². The van der Waals surface area contributed by atoms with Crippen molar-refractivity contribution in [3.8, 4) is 0 Å². The number of benzene rings is 2. The van der Waals surface area contributed by atoms with E-state index in [0.29, 0.717) is 5.56 Å². The molecule has 0 saturated carbocycles. The van der Waals surface area contributed by atoms with Crippen LogP contribution in [-0.4, -0.2) is 34.7 Å². The molecule has 0 radical (unpaired) electrons. The number of rotatable bonds is 9. The zero-order valence-corrected chi connectivity index (χ0v) is 15.2. The van der Waals surface area contributed by atoms with E-state index in [2.05, 4.69) is 4.52 Å². The van der Waals surface area contributed by atoms with Gasteiger partial charge in [-0.15, -0.1) is 4.52 Å². The Morgan fingerprint density at radius 3 is 2.11 bits per heavy atom. The third-order valence-electron chi connectivity index (χ3n) is 3.63. The van der Waals surface area contributed by atoms with Crippen molar-refractivity contribution in [3.63, 3.8) is 0 Å². The van der Waals surface area contributed by atoms with E-state index in [0.717, 1.165) is 10.5 Å². The quantitative estimate of drug-likeness (QED) is 0.652. The van der Waals surface area contributed by atoms with E-state index in [1.54, 1.807) is 54.6 Å². The Bertz CT molecular complexity index is 770. The molecule has 0 saturated heterocycles. The molecule has 0 heterocycles. The summed E-state index contributed by atoms with van der Waals surface area (Å²) in [7, 11) is -3.25. The van der Waals surface area contributed by atoms with Crippen LogP contribution in [0.25, 0.3) is 0 Å². The summed E-state index contributed by atoms with van der Waals surface area (Å²) in [4.78, 5) is 35.7. The van der Waals surface area contributed by atoms with E-state index in [1.165, 1.54) is 0 Å². The highest BCUT2D eigenvalue weighted by Crippen LogP contribution is 2.16. The summed E-state index contributed by atoms with van der Waals surface area (Å²) in [5.74, 6) is -1.40. The van der Waals surface area contributed by atoms with E-state index in [1.807, 2.05) is 6.07 Å². The summed E-state index contributed by atoms with van der Waals surface area (Å²) in [5.41, 5.74) is 1.39. The zero-order valence-electron chi connectivity index (χ0n) is 14.3. The Hall–Kier alpha value is -2.80. The van der Waals surface area contributed by atoms with Crippen molar-refractivity contribution in [3.05, 3.63) is 71.8 Å². The number of carboxylic acid groups (broad SMARTS) is 1. The zero-order chi connectivity index (χ0) is 19.6. The van der Waals surface area contributed by atoms with Crippen LogP contribution in [0.15, 0.2) is 60.7 Å². The average Bonchev–Trinajstić information content (AvgIpc) is 2.66. The van der Waals surface area contributed by atoms with Crippen LogP contribution in [0, 0.1) is 0 Å². The van der Waals surface area contributed by atoms with Crippen molar-refractivity contribution in [1.29, 1.82) is 0 Å². The molecular formula is C18H18NO7P. The maximum Gasteiger partial charge on any atom is 0.488 e. The smallest absolute Gasteiger partial charge is 0.488 e. The molecule has 1 unspecified atom stereocenters. The average molecular weight is 391 g/mol. The maximum atomic E-state index is 12.5. The van der Waals surface area contributed by atoms with Crippen LogP contribution in [0.1, 0.15) is 11.1 Å². The van der Waals surface area contributed by atoms with Gasteiger partial charge in [0, 0.05) is 0 Å². The van der Waals surface area contributed by atoms with Gasteiger partial charge in [-0.25, -0.2) is 9.59 Å². The van der Waals surface area contributed by atoms with Crippen molar-refractivity contribution in [2.24, 2.45) is 0 Å². The van der Waals surface area contributed by atoms with Crippen LogP contribution >= 0.6 is 8.25 Å². The first kappa shape index (κ1) is 20.5. The number of carboxylic acids is 1. The molecule has 2 aromatic carbocycles. The minimum absolute atomic E-state index is 0.0476. The van der Waals surface area contributed by atoms with Gasteiger partial charge in [0.25, 0.3) is 0 Å². The van der Waals surface area contributed by atoms with Crippen molar-refractivity contribution in [1.82, 2.24) is 4.90 Å². The van der Waals surface area contributed by atoms with Gasteiger partial charge in [0.2, 0.25) is 0 Å². The lowest BCUT2D eigenvalue weighted by Crippen LogP contribution is -2.47. The standard InChI is InChI=1S/C18H18NO7P/c20-17(21)16(13-26-27(23)24)19(11-14-7-3-1-4-8-14)18(22)25-12-15-9-5-2-6-10-15/h1-10,16H,11-13H2,(H,20,21)/t16-/m0/s1. The molecule has 2 atom stereocenters. The second kappa shape index (κ2) is 10.4. The Morgan fingerprint density at radius 2 is 1.59 bits per heavy atom. The lowest BCUT2D eigenvalue weighted by molar-refractivity contribution is -0.187. The molecule has 9 heteroatoms. The van der Waals surface area contributed by atoms with Crippen molar-refractivity contribution in [2.75, 3.05) is 6.61 Å². The monoisotopic (exact) mass is 391 g/mol. The normalized spacial score (nSPS) is 12.1. The van der Waals surface area contributed by atoms with Gasteiger partial charge in [0.15, 0.2) is 6.04 Å². The summed E-state index contributed by atoms with van der Waals surface area (Å²) < 4.78 is 20.3. The number of hydrogen-bond acceptors (Lipinski definition) is 6. The van der Waals surface area contributed by atoms with Gasteiger partial charge in [-0.2, -0.15) is 0 Å². The first-order chi connectivity index (χ1) is 13.0. The third kappa shape index (κ3) is 6.79. The number of hydrogen-bond donors (Lipinski definition) is 1. The molecule has 1 amide bonds. The van der Waals surface area contributed by atoms with E-state index < -0.39 is 33.0 Å². The second-order valence-corrected chi connectivity index (χ2v) is 6.23. The molecule has 0 fully saturated rings. The number of carbonyl (C=O) groups is 2. The molecule has 2 rings (SSSR count). The predicted octanol–water partition coefficient (Wildman–Crippen LogP) is 2.31. The molecule has 1 N–H and O–H groups in total. The fraction of sp³-hybridized carbons (Fsp3) is 0.222. The summed E-state index contributed by atoms with van der Waals surface area (Å²) >= 11 is 0. The first-order valence-electron chi connectivity index (χ1n) is 7.98. The molecule has 0 bridgehead atoms. The highest BCUT2D eigenvalue weighted by molar-refractivity contribution is 7.30. The third-order valence-corrected chi connectivity index (χ3v) is 3.99. The molecule has 0 aliphatic carbocycles. The number of carbonyl (C=O) groups excluding carboxylic acids is 1. The van der Waals surface area contributed by atoms with Crippen LogP contribution in [0.2, 0.25) is 0 Å².